The van der Waals surface area contributed by atoms with E-state index >= 15 is 0 Å². The van der Waals surface area contributed by atoms with Gasteiger partial charge < -0.3 is 19.1 Å². The van der Waals surface area contributed by atoms with E-state index in [4.69, 9.17) is 14.2 Å². The lowest BCUT2D eigenvalue weighted by atomic mass is 9.94. The van der Waals surface area contributed by atoms with Gasteiger partial charge >= 0.3 is 5.97 Å². The molecule has 1 fully saturated rings. The third-order valence-electron chi connectivity index (χ3n) is 4.73. The van der Waals surface area contributed by atoms with E-state index in [0.717, 1.165) is 25.7 Å². The molecule has 0 spiro atoms. The van der Waals surface area contributed by atoms with Crippen LogP contribution in [0.5, 0.6) is 11.5 Å². The largest absolute Gasteiger partial charge is 0.497 e. The van der Waals surface area contributed by atoms with Gasteiger partial charge in [-0.3, -0.25) is 4.79 Å². The summed E-state index contributed by atoms with van der Waals surface area (Å²) in [5, 5.41) is 0. The Morgan fingerprint density at radius 3 is 2.40 bits per heavy atom. The van der Waals surface area contributed by atoms with Gasteiger partial charge in [0, 0.05) is 19.2 Å². The quantitative estimate of drug-likeness (QED) is 0.739. The zero-order chi connectivity index (χ0) is 18.4. The van der Waals surface area contributed by atoms with E-state index in [1.54, 1.807) is 37.1 Å². The van der Waals surface area contributed by atoms with Gasteiger partial charge in [0.25, 0.3) is 5.91 Å². The Morgan fingerprint density at radius 2 is 1.80 bits per heavy atom. The molecule has 0 bridgehead atoms. The van der Waals surface area contributed by atoms with Crippen LogP contribution in [0.25, 0.3) is 0 Å². The predicted octanol–water partition coefficient (Wildman–Crippen LogP) is 3.04. The van der Waals surface area contributed by atoms with Gasteiger partial charge in [-0.1, -0.05) is 19.3 Å². The van der Waals surface area contributed by atoms with Crippen LogP contribution in [0, 0.1) is 0 Å². The molecular formula is C19H27NO5. The Balaban J connectivity index is 2.02. The maximum Gasteiger partial charge on any atom is 0.342 e. The molecule has 1 saturated carbocycles. The van der Waals surface area contributed by atoms with Crippen LogP contribution < -0.4 is 9.47 Å². The molecule has 0 radical (unpaired) electrons. The van der Waals surface area contributed by atoms with Gasteiger partial charge in [-0.15, -0.1) is 0 Å². The summed E-state index contributed by atoms with van der Waals surface area (Å²) in [5.41, 5.74) is 0.267. The number of benzene rings is 1. The Morgan fingerprint density at radius 1 is 1.12 bits per heavy atom. The van der Waals surface area contributed by atoms with E-state index in [1.165, 1.54) is 20.6 Å². The first-order valence-electron chi connectivity index (χ1n) is 8.67. The molecule has 1 aromatic rings. The number of hydrogen-bond acceptors (Lipinski definition) is 5. The number of esters is 1. The first-order chi connectivity index (χ1) is 12.0. The molecule has 0 saturated heterocycles. The molecule has 1 aromatic carbocycles. The van der Waals surface area contributed by atoms with Crippen molar-refractivity contribution in [2.75, 3.05) is 21.3 Å². The van der Waals surface area contributed by atoms with Crippen molar-refractivity contribution in [3.8, 4) is 11.5 Å². The average molecular weight is 349 g/mol. The fourth-order valence-electron chi connectivity index (χ4n) is 3.18. The minimum absolute atomic E-state index is 0.173. The highest BCUT2D eigenvalue weighted by molar-refractivity contribution is 5.94. The highest BCUT2D eigenvalue weighted by Gasteiger charge is 2.28. The van der Waals surface area contributed by atoms with Crippen LogP contribution in [-0.4, -0.2) is 50.2 Å². The molecule has 0 aliphatic heterocycles. The molecule has 1 amide bonds. The Bertz CT molecular complexity index is 610. The van der Waals surface area contributed by atoms with Gasteiger partial charge in [0.2, 0.25) is 0 Å². The number of rotatable bonds is 6. The molecule has 0 heterocycles. The lowest BCUT2D eigenvalue weighted by Crippen LogP contribution is -2.44. The van der Waals surface area contributed by atoms with Crippen LogP contribution in [0.15, 0.2) is 18.2 Å². The fraction of sp³-hybridized carbons (Fsp3) is 0.579. The van der Waals surface area contributed by atoms with Crippen molar-refractivity contribution in [3.05, 3.63) is 23.8 Å². The number of methoxy groups -OCH3 is 2. The standard InChI is InChI=1S/C19H27NO5/c1-13(18(21)20(2)14-8-6-5-7-9-14)25-19(22)16-11-10-15(23-3)12-17(16)24-4/h10-14H,5-9H2,1-4H3/t13-/m0/s1. The van der Waals surface area contributed by atoms with Crippen molar-refractivity contribution in [3.63, 3.8) is 0 Å². The lowest BCUT2D eigenvalue weighted by molar-refractivity contribution is -0.141. The van der Waals surface area contributed by atoms with E-state index < -0.39 is 12.1 Å². The Labute approximate surface area is 149 Å². The lowest BCUT2D eigenvalue weighted by Gasteiger charge is -2.32. The normalized spacial score (nSPS) is 16.0. The second-order valence-electron chi connectivity index (χ2n) is 6.35. The molecule has 25 heavy (non-hydrogen) atoms. The second-order valence-corrected chi connectivity index (χ2v) is 6.35. The maximum absolute atomic E-state index is 12.6. The summed E-state index contributed by atoms with van der Waals surface area (Å²) in [6.45, 7) is 1.61. The molecule has 0 unspecified atom stereocenters. The number of carbonyl (C=O) groups excluding carboxylic acids is 2. The zero-order valence-corrected chi connectivity index (χ0v) is 15.4. The second kappa shape index (κ2) is 8.74. The number of nitrogens with zero attached hydrogens (tertiary/aromatic N) is 1. The first kappa shape index (κ1) is 19.1. The highest BCUT2D eigenvalue weighted by atomic mass is 16.5. The molecule has 1 aliphatic rings. The van der Waals surface area contributed by atoms with Gasteiger partial charge in [0.05, 0.1) is 14.2 Å². The van der Waals surface area contributed by atoms with Gasteiger partial charge in [0.15, 0.2) is 6.10 Å². The highest BCUT2D eigenvalue weighted by Crippen LogP contribution is 2.26. The average Bonchev–Trinajstić information content (AvgIpc) is 2.66. The van der Waals surface area contributed by atoms with Crippen molar-refractivity contribution in [1.82, 2.24) is 4.90 Å². The number of likely N-dealkylation sites (N-methyl/N-ethyl adjacent to an activating group) is 1. The van der Waals surface area contributed by atoms with Crippen molar-refractivity contribution >= 4 is 11.9 Å². The van der Waals surface area contributed by atoms with E-state index in [1.807, 2.05) is 0 Å². The number of amides is 1. The van der Waals surface area contributed by atoms with Crippen LogP contribution in [0.2, 0.25) is 0 Å². The van der Waals surface area contributed by atoms with Crippen LogP contribution in [0.3, 0.4) is 0 Å². The molecule has 138 valence electrons. The third-order valence-corrected chi connectivity index (χ3v) is 4.73. The first-order valence-corrected chi connectivity index (χ1v) is 8.67. The molecule has 1 atom stereocenters. The van der Waals surface area contributed by atoms with Crippen LogP contribution in [-0.2, 0) is 9.53 Å². The molecule has 6 heteroatoms. The zero-order valence-electron chi connectivity index (χ0n) is 15.4. The minimum atomic E-state index is -0.841. The number of hydrogen-bond donors (Lipinski definition) is 0. The molecular weight excluding hydrogens is 322 g/mol. The van der Waals surface area contributed by atoms with Crippen LogP contribution in [0.4, 0.5) is 0 Å². The minimum Gasteiger partial charge on any atom is -0.497 e. The third kappa shape index (κ3) is 4.65. The van der Waals surface area contributed by atoms with Crippen molar-refractivity contribution in [1.29, 1.82) is 0 Å². The van der Waals surface area contributed by atoms with E-state index in [2.05, 4.69) is 0 Å². The van der Waals surface area contributed by atoms with Crippen molar-refractivity contribution in [2.45, 2.75) is 51.2 Å². The van der Waals surface area contributed by atoms with Gasteiger partial charge in [0.1, 0.15) is 17.1 Å². The van der Waals surface area contributed by atoms with E-state index in [9.17, 15) is 9.59 Å². The Hall–Kier alpha value is -2.24. The summed E-state index contributed by atoms with van der Waals surface area (Å²) >= 11 is 0. The van der Waals surface area contributed by atoms with Gasteiger partial charge in [-0.2, -0.15) is 0 Å². The molecule has 1 aliphatic carbocycles. The summed E-state index contributed by atoms with van der Waals surface area (Å²) in [6.07, 6.45) is 4.68. The Kier molecular flexibility index (Phi) is 6.67. The number of carbonyl (C=O) groups is 2. The van der Waals surface area contributed by atoms with Crippen LogP contribution in [0.1, 0.15) is 49.4 Å². The maximum atomic E-state index is 12.6. The smallest absolute Gasteiger partial charge is 0.342 e. The SMILES string of the molecule is COc1ccc(C(=O)O[C@@H](C)C(=O)N(C)C2CCCCC2)c(OC)c1. The number of ether oxygens (including phenoxy) is 3. The molecule has 0 aromatic heterocycles. The summed E-state index contributed by atoms with van der Waals surface area (Å²) in [5.74, 6) is 0.171. The summed E-state index contributed by atoms with van der Waals surface area (Å²) in [7, 11) is 4.79. The topological polar surface area (TPSA) is 65.1 Å². The summed E-state index contributed by atoms with van der Waals surface area (Å²) in [4.78, 5) is 26.7. The monoisotopic (exact) mass is 349 g/mol. The van der Waals surface area contributed by atoms with Gasteiger partial charge in [-0.05, 0) is 31.9 Å². The summed E-state index contributed by atoms with van der Waals surface area (Å²) in [6, 6.07) is 5.07. The van der Waals surface area contributed by atoms with Gasteiger partial charge in [-0.25, -0.2) is 4.79 Å². The van der Waals surface area contributed by atoms with Crippen molar-refractivity contribution < 1.29 is 23.8 Å². The van der Waals surface area contributed by atoms with Crippen molar-refractivity contribution in [2.24, 2.45) is 0 Å². The predicted molar refractivity (Wildman–Crippen MR) is 94.1 cm³/mol. The fourth-order valence-corrected chi connectivity index (χ4v) is 3.18. The van der Waals surface area contributed by atoms with E-state index in [0.29, 0.717) is 11.5 Å². The summed E-state index contributed by atoms with van der Waals surface area (Å²) < 4.78 is 15.7. The van der Waals surface area contributed by atoms with Crippen LogP contribution >= 0.6 is 0 Å². The molecule has 0 N–H and O–H groups in total. The molecule has 2 rings (SSSR count). The van der Waals surface area contributed by atoms with E-state index in [-0.39, 0.29) is 17.5 Å². The molecule has 6 nitrogen and oxygen atoms in total.